The molecule has 1 N–H and O–H groups in total. The number of hydrogen-bond donors (Lipinski definition) is 1. The lowest BCUT2D eigenvalue weighted by Gasteiger charge is -2.19. The van der Waals surface area contributed by atoms with Gasteiger partial charge in [-0.2, -0.15) is 0 Å². The molecule has 0 heterocycles. The lowest BCUT2D eigenvalue weighted by atomic mass is 9.98. The molecule has 5 nitrogen and oxygen atoms in total. The molecule has 0 aliphatic heterocycles. The van der Waals surface area contributed by atoms with Crippen LogP contribution in [0.3, 0.4) is 0 Å². The zero-order chi connectivity index (χ0) is 23.3. The Bertz CT molecular complexity index is 946. The van der Waals surface area contributed by atoms with Gasteiger partial charge in [0, 0.05) is 24.6 Å². The fourth-order valence-corrected chi connectivity index (χ4v) is 3.63. The number of carbonyl (C=O) groups excluding carboxylic acids is 2. The molecule has 5 heteroatoms. The number of nitrogens with one attached hydrogen (secondary N) is 1. The molecule has 3 aromatic carbocycles. The van der Waals surface area contributed by atoms with Gasteiger partial charge in [0.15, 0.2) is 12.4 Å². The van der Waals surface area contributed by atoms with Gasteiger partial charge >= 0.3 is 5.97 Å². The van der Waals surface area contributed by atoms with Crippen molar-refractivity contribution in [2.45, 2.75) is 32.2 Å². The predicted octanol–water partition coefficient (Wildman–Crippen LogP) is 4.64. The third kappa shape index (κ3) is 8.54. The number of ketones is 1. The summed E-state index contributed by atoms with van der Waals surface area (Å²) in [5, 5.41) is 3.58. The van der Waals surface area contributed by atoms with Crippen LogP contribution < -0.4 is 10.1 Å². The predicted molar refractivity (Wildman–Crippen MR) is 130 cm³/mol. The Morgan fingerprint density at radius 2 is 1.39 bits per heavy atom. The van der Waals surface area contributed by atoms with E-state index in [1.807, 2.05) is 12.1 Å². The maximum Gasteiger partial charge on any atom is 0.344 e. The first-order valence-corrected chi connectivity index (χ1v) is 11.4. The van der Waals surface area contributed by atoms with E-state index in [9.17, 15) is 9.59 Å². The Balaban J connectivity index is 1.51. The van der Waals surface area contributed by atoms with Crippen molar-refractivity contribution in [1.82, 2.24) is 5.32 Å². The average Bonchev–Trinajstić information content (AvgIpc) is 2.84. The summed E-state index contributed by atoms with van der Waals surface area (Å²) in [6.45, 7) is 2.53. The van der Waals surface area contributed by atoms with Crippen LogP contribution >= 0.6 is 0 Å². The maximum atomic E-state index is 12.7. The highest BCUT2D eigenvalue weighted by Crippen LogP contribution is 2.14. The Morgan fingerprint density at radius 3 is 1.94 bits per heavy atom. The van der Waals surface area contributed by atoms with Gasteiger partial charge in [-0.05, 0) is 55.2 Å². The van der Waals surface area contributed by atoms with Gasteiger partial charge in [0.1, 0.15) is 5.75 Å². The van der Waals surface area contributed by atoms with Crippen molar-refractivity contribution in [3.63, 3.8) is 0 Å². The van der Waals surface area contributed by atoms with Crippen molar-refractivity contribution < 1.29 is 19.1 Å². The molecule has 3 rings (SSSR count). The van der Waals surface area contributed by atoms with Gasteiger partial charge in [0.25, 0.3) is 0 Å². The van der Waals surface area contributed by atoms with Crippen LogP contribution in [0.15, 0.2) is 84.9 Å². The van der Waals surface area contributed by atoms with Crippen molar-refractivity contribution >= 4 is 11.8 Å². The number of rotatable bonds is 13. The van der Waals surface area contributed by atoms with Crippen molar-refractivity contribution in [2.75, 3.05) is 19.8 Å². The summed E-state index contributed by atoms with van der Waals surface area (Å²) >= 11 is 0. The largest absolute Gasteiger partial charge is 0.482 e. The average molecular weight is 446 g/mol. The van der Waals surface area contributed by atoms with Crippen molar-refractivity contribution in [1.29, 1.82) is 0 Å². The summed E-state index contributed by atoms with van der Waals surface area (Å²) < 4.78 is 10.2. The van der Waals surface area contributed by atoms with E-state index in [0.29, 0.717) is 30.9 Å². The van der Waals surface area contributed by atoms with Crippen LogP contribution in [-0.2, 0) is 22.4 Å². The number of carbonyl (C=O) groups is 2. The minimum atomic E-state index is -0.413. The second-order valence-corrected chi connectivity index (χ2v) is 7.82. The minimum Gasteiger partial charge on any atom is -0.482 e. The smallest absolute Gasteiger partial charge is 0.344 e. The second kappa shape index (κ2) is 13.2. The summed E-state index contributed by atoms with van der Waals surface area (Å²) in [7, 11) is 0. The number of benzene rings is 3. The molecule has 0 amide bonds. The number of ether oxygens (including phenoxy) is 2. The van der Waals surface area contributed by atoms with E-state index in [4.69, 9.17) is 9.47 Å². The Hall–Kier alpha value is -3.44. The Morgan fingerprint density at radius 1 is 0.818 bits per heavy atom. The Labute approximate surface area is 195 Å². The number of esters is 1. The number of hydrogen-bond acceptors (Lipinski definition) is 5. The van der Waals surface area contributed by atoms with E-state index < -0.39 is 5.97 Å². The van der Waals surface area contributed by atoms with E-state index in [-0.39, 0.29) is 18.4 Å². The molecule has 33 heavy (non-hydrogen) atoms. The molecule has 0 saturated heterocycles. The lowest BCUT2D eigenvalue weighted by Crippen LogP contribution is -2.34. The van der Waals surface area contributed by atoms with E-state index in [1.54, 1.807) is 31.2 Å². The van der Waals surface area contributed by atoms with Crippen LogP contribution in [0.5, 0.6) is 5.75 Å². The van der Waals surface area contributed by atoms with E-state index in [2.05, 4.69) is 53.8 Å². The molecule has 0 spiro atoms. The highest BCUT2D eigenvalue weighted by Gasteiger charge is 2.12. The molecule has 172 valence electrons. The van der Waals surface area contributed by atoms with Crippen LogP contribution in [0, 0.1) is 0 Å². The Kier molecular flexibility index (Phi) is 9.67. The molecule has 0 radical (unpaired) electrons. The standard InChI is InChI=1S/C28H31NO4/c1-2-32-28(31)21-33-26-15-13-24(14-16-26)27(30)17-18-29-25(19-22-9-5-3-6-10-22)20-23-11-7-4-8-12-23/h3-16,25,29H,2,17-21H2,1H3. The van der Waals surface area contributed by atoms with Crippen LogP contribution in [-0.4, -0.2) is 37.6 Å². The fourth-order valence-electron chi connectivity index (χ4n) is 3.63. The molecule has 0 saturated carbocycles. The molecule has 3 aromatic rings. The zero-order valence-electron chi connectivity index (χ0n) is 19.0. The first kappa shape index (κ1) is 24.2. The van der Waals surface area contributed by atoms with E-state index >= 15 is 0 Å². The van der Waals surface area contributed by atoms with Gasteiger partial charge in [0.2, 0.25) is 0 Å². The summed E-state index contributed by atoms with van der Waals surface area (Å²) in [6.07, 6.45) is 2.20. The van der Waals surface area contributed by atoms with E-state index in [1.165, 1.54) is 11.1 Å². The van der Waals surface area contributed by atoms with Crippen molar-refractivity contribution in [2.24, 2.45) is 0 Å². The summed E-state index contributed by atoms with van der Waals surface area (Å²) in [6, 6.07) is 27.9. The SMILES string of the molecule is CCOC(=O)COc1ccc(C(=O)CCNC(Cc2ccccc2)Cc2ccccc2)cc1. The van der Waals surface area contributed by atoms with Gasteiger partial charge in [-0.1, -0.05) is 60.7 Å². The lowest BCUT2D eigenvalue weighted by molar-refractivity contribution is -0.145. The van der Waals surface area contributed by atoms with Gasteiger partial charge < -0.3 is 14.8 Å². The highest BCUT2D eigenvalue weighted by atomic mass is 16.6. The molecule has 0 fully saturated rings. The highest BCUT2D eigenvalue weighted by molar-refractivity contribution is 5.96. The third-order valence-electron chi connectivity index (χ3n) is 5.27. The molecule has 0 aliphatic rings. The van der Waals surface area contributed by atoms with Gasteiger partial charge in [-0.15, -0.1) is 0 Å². The molecule has 0 bridgehead atoms. The van der Waals surface area contributed by atoms with Crippen LogP contribution in [0.25, 0.3) is 0 Å². The molecule has 0 unspecified atom stereocenters. The summed E-state index contributed by atoms with van der Waals surface area (Å²) in [4.78, 5) is 24.0. The first-order chi connectivity index (χ1) is 16.1. The van der Waals surface area contributed by atoms with E-state index in [0.717, 1.165) is 12.8 Å². The normalized spacial score (nSPS) is 10.7. The molecule has 0 aliphatic carbocycles. The molecular weight excluding hydrogens is 414 g/mol. The number of Topliss-reactive ketones (excluding diaryl/α,β-unsaturated/α-hetero) is 1. The van der Waals surface area contributed by atoms with Crippen LogP contribution in [0.1, 0.15) is 34.8 Å². The molecular formula is C28H31NO4. The monoisotopic (exact) mass is 445 g/mol. The van der Waals surface area contributed by atoms with Gasteiger partial charge in [0.05, 0.1) is 6.61 Å². The van der Waals surface area contributed by atoms with Crippen LogP contribution in [0.4, 0.5) is 0 Å². The molecule has 0 atom stereocenters. The summed E-state index contributed by atoms with van der Waals surface area (Å²) in [5.41, 5.74) is 3.18. The van der Waals surface area contributed by atoms with Gasteiger partial charge in [-0.3, -0.25) is 4.79 Å². The second-order valence-electron chi connectivity index (χ2n) is 7.82. The first-order valence-electron chi connectivity index (χ1n) is 11.4. The van der Waals surface area contributed by atoms with Crippen molar-refractivity contribution in [3.8, 4) is 5.75 Å². The van der Waals surface area contributed by atoms with Gasteiger partial charge in [-0.25, -0.2) is 4.79 Å². The summed E-state index contributed by atoms with van der Waals surface area (Å²) in [5.74, 6) is 0.186. The maximum absolute atomic E-state index is 12.7. The van der Waals surface area contributed by atoms with Crippen LogP contribution in [0.2, 0.25) is 0 Å². The fraction of sp³-hybridized carbons (Fsp3) is 0.286. The minimum absolute atomic E-state index is 0.0672. The quantitative estimate of drug-likeness (QED) is 0.307. The zero-order valence-corrected chi connectivity index (χ0v) is 19.0. The topological polar surface area (TPSA) is 64.6 Å². The third-order valence-corrected chi connectivity index (χ3v) is 5.27. The van der Waals surface area contributed by atoms with Crippen molar-refractivity contribution in [3.05, 3.63) is 102 Å². The molecule has 0 aromatic heterocycles.